The van der Waals surface area contributed by atoms with E-state index in [-0.39, 0.29) is 0 Å². The van der Waals surface area contributed by atoms with Crippen LogP contribution in [0, 0.1) is 0 Å². The SMILES string of the molecule is CCCCCCl.CCCNC. The molecule has 0 rings (SSSR count). The Bertz CT molecular complexity index is 42.8. The van der Waals surface area contributed by atoms with E-state index >= 15 is 0 Å². The van der Waals surface area contributed by atoms with Crippen molar-refractivity contribution >= 4 is 11.6 Å². The van der Waals surface area contributed by atoms with Gasteiger partial charge in [-0.1, -0.05) is 26.7 Å². The van der Waals surface area contributed by atoms with Crippen LogP contribution < -0.4 is 5.32 Å². The average Bonchev–Trinajstić information content (AvgIpc) is 2.04. The zero-order valence-electron chi connectivity index (χ0n) is 8.12. The van der Waals surface area contributed by atoms with Gasteiger partial charge >= 0.3 is 0 Å². The Morgan fingerprint density at radius 3 is 1.82 bits per heavy atom. The topological polar surface area (TPSA) is 12.0 Å². The molecule has 0 saturated heterocycles. The highest BCUT2D eigenvalue weighted by Crippen LogP contribution is 1.93. The predicted octanol–water partition coefficient (Wildman–Crippen LogP) is 3.03. The Morgan fingerprint density at radius 1 is 1.09 bits per heavy atom. The Balaban J connectivity index is 0. The number of rotatable bonds is 5. The quantitative estimate of drug-likeness (QED) is 0.506. The number of hydrogen-bond donors (Lipinski definition) is 1. The summed E-state index contributed by atoms with van der Waals surface area (Å²) in [6.45, 7) is 5.46. The maximum Gasteiger partial charge on any atom is 0.0223 e. The fourth-order valence-corrected chi connectivity index (χ4v) is 0.783. The van der Waals surface area contributed by atoms with Gasteiger partial charge in [-0.05, 0) is 26.4 Å². The van der Waals surface area contributed by atoms with Gasteiger partial charge in [0.15, 0.2) is 0 Å². The van der Waals surface area contributed by atoms with Crippen molar-refractivity contribution in [3.8, 4) is 0 Å². The number of halogens is 1. The average molecular weight is 180 g/mol. The molecule has 0 saturated carbocycles. The zero-order valence-corrected chi connectivity index (χ0v) is 8.88. The van der Waals surface area contributed by atoms with Gasteiger partial charge in [0.1, 0.15) is 0 Å². The summed E-state index contributed by atoms with van der Waals surface area (Å²) in [6, 6.07) is 0. The van der Waals surface area contributed by atoms with Crippen molar-refractivity contribution in [1.29, 1.82) is 0 Å². The van der Waals surface area contributed by atoms with E-state index in [0.29, 0.717) is 0 Å². The van der Waals surface area contributed by atoms with E-state index < -0.39 is 0 Å². The van der Waals surface area contributed by atoms with Gasteiger partial charge in [0, 0.05) is 5.88 Å². The highest BCUT2D eigenvalue weighted by atomic mass is 35.5. The molecule has 0 amide bonds. The Kier molecular flexibility index (Phi) is 21.0. The van der Waals surface area contributed by atoms with Crippen molar-refractivity contribution in [2.24, 2.45) is 0 Å². The summed E-state index contributed by atoms with van der Waals surface area (Å²) >= 11 is 5.38. The normalized spacial score (nSPS) is 8.73. The fourth-order valence-electron chi connectivity index (χ4n) is 0.594. The Hall–Kier alpha value is 0.250. The molecule has 11 heavy (non-hydrogen) atoms. The van der Waals surface area contributed by atoms with Crippen LogP contribution >= 0.6 is 11.6 Å². The molecular formula is C9H22ClN. The van der Waals surface area contributed by atoms with E-state index in [2.05, 4.69) is 19.2 Å². The van der Waals surface area contributed by atoms with E-state index in [1.807, 2.05) is 7.05 Å². The number of nitrogens with one attached hydrogen (secondary N) is 1. The summed E-state index contributed by atoms with van der Waals surface area (Å²) in [5.41, 5.74) is 0. The minimum atomic E-state index is 0.827. The largest absolute Gasteiger partial charge is 0.320 e. The lowest BCUT2D eigenvalue weighted by molar-refractivity contribution is 0.772. The molecule has 0 atom stereocenters. The third-order valence-electron chi connectivity index (χ3n) is 1.24. The van der Waals surface area contributed by atoms with Gasteiger partial charge in [0.05, 0.1) is 0 Å². The van der Waals surface area contributed by atoms with Crippen LogP contribution in [0.15, 0.2) is 0 Å². The summed E-state index contributed by atoms with van der Waals surface area (Å²) < 4.78 is 0. The molecule has 1 nitrogen and oxygen atoms in total. The molecule has 0 heterocycles. The first-order valence-corrected chi connectivity index (χ1v) is 5.07. The highest BCUT2D eigenvalue weighted by Gasteiger charge is 1.76. The molecule has 0 aliphatic heterocycles. The number of alkyl halides is 1. The second-order valence-electron chi connectivity index (χ2n) is 2.50. The smallest absolute Gasteiger partial charge is 0.0223 e. The van der Waals surface area contributed by atoms with Crippen LogP contribution in [0.25, 0.3) is 0 Å². The van der Waals surface area contributed by atoms with Crippen molar-refractivity contribution in [1.82, 2.24) is 5.32 Å². The molecule has 0 spiro atoms. The van der Waals surface area contributed by atoms with Crippen LogP contribution in [0.2, 0.25) is 0 Å². The molecule has 0 radical (unpaired) electrons. The van der Waals surface area contributed by atoms with Crippen LogP contribution in [-0.2, 0) is 0 Å². The number of unbranched alkanes of at least 4 members (excludes halogenated alkanes) is 2. The van der Waals surface area contributed by atoms with Gasteiger partial charge in [-0.15, -0.1) is 11.6 Å². The van der Waals surface area contributed by atoms with Crippen molar-refractivity contribution in [3.05, 3.63) is 0 Å². The van der Waals surface area contributed by atoms with Crippen molar-refractivity contribution in [2.45, 2.75) is 39.5 Å². The maximum absolute atomic E-state index is 5.38. The van der Waals surface area contributed by atoms with Crippen LogP contribution in [0.3, 0.4) is 0 Å². The van der Waals surface area contributed by atoms with Gasteiger partial charge in [-0.3, -0.25) is 0 Å². The Labute approximate surface area is 76.5 Å². The third-order valence-corrected chi connectivity index (χ3v) is 1.50. The molecule has 0 fully saturated rings. The minimum absolute atomic E-state index is 0.827. The highest BCUT2D eigenvalue weighted by molar-refractivity contribution is 6.17. The third kappa shape index (κ3) is 25.3. The summed E-state index contributed by atoms with van der Waals surface area (Å²) in [6.07, 6.45) is 4.96. The molecule has 1 N–H and O–H groups in total. The van der Waals surface area contributed by atoms with Crippen LogP contribution in [-0.4, -0.2) is 19.5 Å². The fraction of sp³-hybridized carbons (Fsp3) is 1.00. The summed E-state index contributed by atoms with van der Waals surface area (Å²) in [5, 5.41) is 3.02. The van der Waals surface area contributed by atoms with Crippen molar-refractivity contribution < 1.29 is 0 Å². The first-order valence-electron chi connectivity index (χ1n) is 4.54. The van der Waals surface area contributed by atoms with E-state index in [4.69, 9.17) is 11.6 Å². The summed E-state index contributed by atoms with van der Waals surface area (Å²) in [4.78, 5) is 0. The van der Waals surface area contributed by atoms with E-state index in [0.717, 1.165) is 12.4 Å². The van der Waals surface area contributed by atoms with Crippen LogP contribution in [0.1, 0.15) is 39.5 Å². The number of hydrogen-bond acceptors (Lipinski definition) is 1. The lowest BCUT2D eigenvalue weighted by Gasteiger charge is -1.84. The van der Waals surface area contributed by atoms with Gasteiger partial charge in [0.25, 0.3) is 0 Å². The minimum Gasteiger partial charge on any atom is -0.320 e. The van der Waals surface area contributed by atoms with Gasteiger partial charge in [0.2, 0.25) is 0 Å². The molecule has 70 valence electrons. The monoisotopic (exact) mass is 179 g/mol. The van der Waals surface area contributed by atoms with E-state index in [1.165, 1.54) is 25.7 Å². The molecule has 0 aliphatic rings. The van der Waals surface area contributed by atoms with E-state index in [9.17, 15) is 0 Å². The maximum atomic E-state index is 5.38. The second kappa shape index (κ2) is 16.7. The summed E-state index contributed by atoms with van der Waals surface area (Å²) in [7, 11) is 1.96. The molecule has 0 aliphatic carbocycles. The second-order valence-corrected chi connectivity index (χ2v) is 2.88. The van der Waals surface area contributed by atoms with Gasteiger partial charge in [-0.2, -0.15) is 0 Å². The molecule has 0 aromatic carbocycles. The molecule has 0 aromatic heterocycles. The molecule has 0 unspecified atom stereocenters. The van der Waals surface area contributed by atoms with Crippen LogP contribution in [0.4, 0.5) is 0 Å². The van der Waals surface area contributed by atoms with Crippen molar-refractivity contribution in [2.75, 3.05) is 19.5 Å². The molecule has 0 aromatic rings. The summed E-state index contributed by atoms with van der Waals surface area (Å²) in [5.74, 6) is 0.827. The lowest BCUT2D eigenvalue weighted by Crippen LogP contribution is -2.04. The molecule has 2 heteroatoms. The zero-order chi connectivity index (χ0) is 8.95. The molecular weight excluding hydrogens is 158 g/mol. The van der Waals surface area contributed by atoms with Gasteiger partial charge in [-0.25, -0.2) is 0 Å². The first kappa shape index (κ1) is 13.8. The van der Waals surface area contributed by atoms with Crippen molar-refractivity contribution in [3.63, 3.8) is 0 Å². The van der Waals surface area contributed by atoms with Crippen LogP contribution in [0.5, 0.6) is 0 Å². The van der Waals surface area contributed by atoms with E-state index in [1.54, 1.807) is 0 Å². The molecule has 0 bridgehead atoms. The standard InChI is InChI=1S/C5H11Cl.C4H11N/c1-2-3-4-5-6;1-3-4-5-2/h2-5H2,1H3;5H,3-4H2,1-2H3. The lowest BCUT2D eigenvalue weighted by atomic mass is 10.3. The predicted molar refractivity (Wildman–Crippen MR) is 54.5 cm³/mol. The van der Waals surface area contributed by atoms with Gasteiger partial charge < -0.3 is 5.32 Å². The first-order chi connectivity index (χ1) is 5.33. The Morgan fingerprint density at radius 2 is 1.73 bits per heavy atom.